The summed E-state index contributed by atoms with van der Waals surface area (Å²) in [5.74, 6) is 1.42. The summed E-state index contributed by atoms with van der Waals surface area (Å²) in [5, 5.41) is 0. The standard InChI is InChI=1S/C29H40O3/c1-6-9-13-22(4)31-28-20-17-24(8-3)21-25(28)18-19-27(30)26-15-11-12-16-29(26)32-23(5)14-10-7-2/h11-12,15-23H,6-10,13-14H2,1-5H3/b19-18+. The van der Waals surface area contributed by atoms with Crippen LogP contribution in [-0.2, 0) is 6.42 Å². The Balaban J connectivity index is 2.21. The van der Waals surface area contributed by atoms with Gasteiger partial charge in [0.1, 0.15) is 11.5 Å². The second-order valence-electron chi connectivity index (χ2n) is 8.56. The van der Waals surface area contributed by atoms with Gasteiger partial charge in [-0.15, -0.1) is 0 Å². The molecule has 2 aromatic carbocycles. The van der Waals surface area contributed by atoms with Crippen LogP contribution in [0.2, 0.25) is 0 Å². The van der Waals surface area contributed by atoms with Crippen LogP contribution in [0.3, 0.4) is 0 Å². The Kier molecular flexibility index (Phi) is 11.1. The Morgan fingerprint density at radius 3 is 2.12 bits per heavy atom. The lowest BCUT2D eigenvalue weighted by Crippen LogP contribution is -2.13. The van der Waals surface area contributed by atoms with Gasteiger partial charge in [0.2, 0.25) is 0 Å². The lowest BCUT2D eigenvalue weighted by Gasteiger charge is -2.17. The molecule has 0 radical (unpaired) electrons. The largest absolute Gasteiger partial charge is 0.490 e. The molecule has 0 saturated carbocycles. The van der Waals surface area contributed by atoms with E-state index in [1.165, 1.54) is 5.56 Å². The van der Waals surface area contributed by atoms with Crippen LogP contribution in [-0.4, -0.2) is 18.0 Å². The van der Waals surface area contributed by atoms with E-state index >= 15 is 0 Å². The molecule has 0 amide bonds. The van der Waals surface area contributed by atoms with E-state index in [1.54, 1.807) is 6.08 Å². The maximum atomic E-state index is 13.1. The van der Waals surface area contributed by atoms with Crippen molar-refractivity contribution >= 4 is 11.9 Å². The average molecular weight is 437 g/mol. The van der Waals surface area contributed by atoms with Crippen molar-refractivity contribution in [3.63, 3.8) is 0 Å². The van der Waals surface area contributed by atoms with Crippen LogP contribution >= 0.6 is 0 Å². The lowest BCUT2D eigenvalue weighted by molar-refractivity contribution is 0.104. The van der Waals surface area contributed by atoms with Crippen LogP contribution in [0.5, 0.6) is 11.5 Å². The Morgan fingerprint density at radius 1 is 0.875 bits per heavy atom. The number of allylic oxidation sites excluding steroid dienone is 1. The molecule has 2 rings (SSSR count). The third-order valence-electron chi connectivity index (χ3n) is 5.63. The molecule has 0 heterocycles. The fraction of sp³-hybridized carbons (Fsp3) is 0.483. The number of rotatable bonds is 14. The Bertz CT molecular complexity index is 868. The zero-order chi connectivity index (χ0) is 23.3. The summed E-state index contributed by atoms with van der Waals surface area (Å²) >= 11 is 0. The third-order valence-corrected chi connectivity index (χ3v) is 5.63. The first-order valence-electron chi connectivity index (χ1n) is 12.3. The third kappa shape index (κ3) is 8.18. The first kappa shape index (κ1) is 25.7. The number of hydrogen-bond acceptors (Lipinski definition) is 3. The van der Waals surface area contributed by atoms with Gasteiger partial charge < -0.3 is 9.47 Å². The molecular formula is C29H40O3. The fourth-order valence-corrected chi connectivity index (χ4v) is 3.62. The molecule has 2 aromatic rings. The Labute approximate surface area is 194 Å². The molecule has 0 spiro atoms. The van der Waals surface area contributed by atoms with Crippen molar-refractivity contribution in [2.24, 2.45) is 0 Å². The van der Waals surface area contributed by atoms with Crippen molar-refractivity contribution in [1.82, 2.24) is 0 Å². The molecule has 0 bridgehead atoms. The summed E-state index contributed by atoms with van der Waals surface area (Å²) in [4.78, 5) is 13.1. The maximum absolute atomic E-state index is 13.1. The molecular weight excluding hydrogens is 396 g/mol. The summed E-state index contributed by atoms with van der Waals surface area (Å²) in [6.07, 6.45) is 11.2. The molecule has 2 unspecified atom stereocenters. The zero-order valence-electron chi connectivity index (χ0n) is 20.5. The van der Waals surface area contributed by atoms with Crippen molar-refractivity contribution in [2.45, 2.75) is 91.8 Å². The maximum Gasteiger partial charge on any atom is 0.189 e. The topological polar surface area (TPSA) is 35.5 Å². The lowest BCUT2D eigenvalue weighted by atomic mass is 10.0. The molecule has 2 atom stereocenters. The molecule has 0 aliphatic rings. The molecule has 0 aliphatic heterocycles. The predicted molar refractivity (Wildman–Crippen MR) is 135 cm³/mol. The number of hydrogen-bond donors (Lipinski definition) is 0. The highest BCUT2D eigenvalue weighted by Crippen LogP contribution is 2.26. The summed E-state index contributed by atoms with van der Waals surface area (Å²) in [6.45, 7) is 10.7. The van der Waals surface area contributed by atoms with Gasteiger partial charge >= 0.3 is 0 Å². The van der Waals surface area contributed by atoms with Gasteiger partial charge in [-0.05, 0) is 75.1 Å². The van der Waals surface area contributed by atoms with Gasteiger partial charge in [0.25, 0.3) is 0 Å². The smallest absolute Gasteiger partial charge is 0.189 e. The minimum absolute atomic E-state index is 0.0600. The monoisotopic (exact) mass is 436 g/mol. The van der Waals surface area contributed by atoms with Crippen LogP contribution in [0.15, 0.2) is 48.5 Å². The number of ketones is 1. The average Bonchev–Trinajstić information content (AvgIpc) is 2.80. The van der Waals surface area contributed by atoms with Gasteiger partial charge in [-0.1, -0.05) is 64.7 Å². The minimum atomic E-state index is -0.0600. The van der Waals surface area contributed by atoms with E-state index in [-0.39, 0.29) is 18.0 Å². The second-order valence-corrected chi connectivity index (χ2v) is 8.56. The van der Waals surface area contributed by atoms with Crippen molar-refractivity contribution < 1.29 is 14.3 Å². The van der Waals surface area contributed by atoms with E-state index in [4.69, 9.17) is 9.47 Å². The van der Waals surface area contributed by atoms with E-state index < -0.39 is 0 Å². The predicted octanol–water partition coefficient (Wildman–Crippen LogP) is 8.06. The van der Waals surface area contributed by atoms with E-state index in [0.717, 1.165) is 56.3 Å². The van der Waals surface area contributed by atoms with Crippen molar-refractivity contribution in [3.8, 4) is 11.5 Å². The molecule has 0 aliphatic carbocycles. The number of carbonyl (C=O) groups is 1. The highest BCUT2D eigenvalue weighted by atomic mass is 16.5. The van der Waals surface area contributed by atoms with Crippen LogP contribution < -0.4 is 9.47 Å². The number of aryl methyl sites for hydroxylation is 1. The van der Waals surface area contributed by atoms with Gasteiger partial charge in [0.15, 0.2) is 5.78 Å². The molecule has 0 fully saturated rings. The van der Waals surface area contributed by atoms with Crippen molar-refractivity contribution in [3.05, 3.63) is 65.2 Å². The molecule has 3 nitrogen and oxygen atoms in total. The van der Waals surface area contributed by atoms with Crippen LogP contribution in [0.1, 0.15) is 94.6 Å². The molecule has 0 saturated heterocycles. The fourth-order valence-electron chi connectivity index (χ4n) is 3.62. The second kappa shape index (κ2) is 13.8. The normalized spacial score (nSPS) is 13.2. The van der Waals surface area contributed by atoms with Crippen molar-refractivity contribution in [1.29, 1.82) is 0 Å². The van der Waals surface area contributed by atoms with Crippen LogP contribution in [0.4, 0.5) is 0 Å². The Hall–Kier alpha value is -2.55. The van der Waals surface area contributed by atoms with E-state index in [0.29, 0.717) is 11.3 Å². The molecule has 174 valence electrons. The van der Waals surface area contributed by atoms with E-state index in [2.05, 4.69) is 46.8 Å². The highest BCUT2D eigenvalue weighted by molar-refractivity contribution is 6.08. The summed E-state index contributed by atoms with van der Waals surface area (Å²) in [5.41, 5.74) is 2.76. The number of carbonyl (C=O) groups excluding carboxylic acids is 1. The van der Waals surface area contributed by atoms with E-state index in [1.807, 2.05) is 36.4 Å². The quantitative estimate of drug-likeness (QED) is 0.222. The van der Waals surface area contributed by atoms with Crippen LogP contribution in [0, 0.1) is 0 Å². The summed E-state index contributed by atoms with van der Waals surface area (Å²) in [6, 6.07) is 13.7. The zero-order valence-corrected chi connectivity index (χ0v) is 20.5. The highest BCUT2D eigenvalue weighted by Gasteiger charge is 2.13. The van der Waals surface area contributed by atoms with Crippen LogP contribution in [0.25, 0.3) is 6.08 Å². The van der Waals surface area contributed by atoms with Gasteiger partial charge in [0, 0.05) is 5.56 Å². The van der Waals surface area contributed by atoms with Gasteiger partial charge in [-0.3, -0.25) is 4.79 Å². The van der Waals surface area contributed by atoms with Gasteiger partial charge in [0.05, 0.1) is 17.8 Å². The minimum Gasteiger partial charge on any atom is -0.490 e. The van der Waals surface area contributed by atoms with E-state index in [9.17, 15) is 4.79 Å². The Morgan fingerprint density at radius 2 is 1.50 bits per heavy atom. The van der Waals surface area contributed by atoms with Gasteiger partial charge in [-0.25, -0.2) is 0 Å². The van der Waals surface area contributed by atoms with Gasteiger partial charge in [-0.2, -0.15) is 0 Å². The SMILES string of the molecule is CCCCC(C)Oc1ccc(CC)cc1/C=C/C(=O)c1ccccc1OC(C)CCCC. The summed E-state index contributed by atoms with van der Waals surface area (Å²) < 4.78 is 12.3. The number of benzene rings is 2. The number of ether oxygens (including phenoxy) is 2. The molecule has 0 aromatic heterocycles. The first-order chi connectivity index (χ1) is 15.5. The molecule has 0 N–H and O–H groups in total. The van der Waals surface area contributed by atoms with Crippen molar-refractivity contribution in [2.75, 3.05) is 0 Å². The number of unbranched alkanes of at least 4 members (excludes halogenated alkanes) is 2. The molecule has 3 heteroatoms. The number of para-hydroxylation sites is 1. The first-order valence-corrected chi connectivity index (χ1v) is 12.3. The molecule has 32 heavy (non-hydrogen) atoms. The summed E-state index contributed by atoms with van der Waals surface area (Å²) in [7, 11) is 0.